The molecule has 1 aliphatic carbocycles. The van der Waals surface area contributed by atoms with Crippen LogP contribution in [0.1, 0.15) is 55.6 Å². The Balaban J connectivity index is 1.88. The summed E-state index contributed by atoms with van der Waals surface area (Å²) < 4.78 is 33.6. The quantitative estimate of drug-likeness (QED) is 0.350. The van der Waals surface area contributed by atoms with Crippen LogP contribution in [-0.4, -0.2) is 28.7 Å². The second-order valence-corrected chi connectivity index (χ2v) is 12.5. The Hall–Kier alpha value is -2.23. The Morgan fingerprint density at radius 3 is 2.35 bits per heavy atom. The molecule has 0 atom stereocenters. The number of pyridine rings is 1. The van der Waals surface area contributed by atoms with Gasteiger partial charge in [0.05, 0.1) is 17.6 Å². The summed E-state index contributed by atoms with van der Waals surface area (Å²) in [6.07, 6.45) is 1.84. The number of carbonyl (C=O) groups excluding carboxylic acids is 1. The number of benzene rings is 1. The van der Waals surface area contributed by atoms with Crippen LogP contribution >= 0.6 is 10.8 Å². The summed E-state index contributed by atoms with van der Waals surface area (Å²) in [5, 5.41) is 0. The van der Waals surface area contributed by atoms with E-state index >= 15 is 0 Å². The summed E-state index contributed by atoms with van der Waals surface area (Å²) in [5.74, 6) is 0.819. The molecule has 3 aromatic rings. The highest BCUT2D eigenvalue weighted by molar-refractivity contribution is 8.69. The zero-order valence-electron chi connectivity index (χ0n) is 18.4. The number of H-pyrrole nitrogens is 1. The number of imidazole rings is 1. The molecule has 164 valence electrons. The van der Waals surface area contributed by atoms with Crippen molar-refractivity contribution >= 4 is 36.8 Å². The molecular weight excluding hydrogens is 434 g/mol. The van der Waals surface area contributed by atoms with Crippen molar-refractivity contribution in [1.82, 2.24) is 9.97 Å². The number of carbonyl (C=O) groups is 1. The van der Waals surface area contributed by atoms with Crippen LogP contribution in [0, 0.1) is 13.8 Å². The van der Waals surface area contributed by atoms with E-state index in [1.807, 2.05) is 70.5 Å². The molecule has 9 heteroatoms. The summed E-state index contributed by atoms with van der Waals surface area (Å²) in [6.45, 7) is 11.7. The number of aromatic nitrogens is 3. The first-order valence-corrected chi connectivity index (χ1v) is 12.9. The number of aromatic amines is 1. The van der Waals surface area contributed by atoms with E-state index in [0.29, 0.717) is 16.7 Å². The van der Waals surface area contributed by atoms with Crippen LogP contribution in [0.25, 0.3) is 17.0 Å². The molecule has 0 unspecified atom stereocenters. The van der Waals surface area contributed by atoms with Gasteiger partial charge in [0.15, 0.2) is 11.3 Å². The van der Waals surface area contributed by atoms with Gasteiger partial charge in [0.25, 0.3) is 0 Å². The first kappa shape index (κ1) is 22.0. The van der Waals surface area contributed by atoms with E-state index < -0.39 is 20.0 Å². The number of aryl methyl sites for hydroxylation is 1. The summed E-state index contributed by atoms with van der Waals surface area (Å²) in [5.41, 5.74) is 5.04. The van der Waals surface area contributed by atoms with E-state index in [1.165, 1.54) is 0 Å². The summed E-state index contributed by atoms with van der Waals surface area (Å²) in [7, 11) is -3.70. The largest absolute Gasteiger partial charge is 0.402 e. The highest BCUT2D eigenvalue weighted by atomic mass is 33.1. The number of fused-ring (bicyclic) bond motifs is 2. The van der Waals surface area contributed by atoms with E-state index in [-0.39, 0.29) is 11.5 Å². The van der Waals surface area contributed by atoms with Gasteiger partial charge in [-0.25, -0.2) is 9.55 Å². The molecule has 0 spiro atoms. The van der Waals surface area contributed by atoms with Gasteiger partial charge in [-0.1, -0.05) is 4.98 Å². The third kappa shape index (κ3) is 3.48. The molecule has 7 nitrogen and oxygen atoms in total. The second kappa shape index (κ2) is 6.88. The highest BCUT2D eigenvalue weighted by Gasteiger charge is 2.50. The maximum absolute atomic E-state index is 13.0. The molecule has 4 rings (SSSR count). The van der Waals surface area contributed by atoms with Crippen LogP contribution in [0.15, 0.2) is 24.4 Å². The molecule has 0 radical (unpaired) electrons. The van der Waals surface area contributed by atoms with Crippen LogP contribution in [0.5, 0.6) is 0 Å². The molecule has 0 saturated heterocycles. The third-order valence-corrected chi connectivity index (χ3v) is 8.39. The number of Topliss-reactive ketones (excluding diaryl/α,β-unsaturated/α-hetero) is 1. The lowest BCUT2D eigenvalue weighted by Crippen LogP contribution is -2.37. The fraction of sp³-hybridized carbons (Fsp3) is 0.409. The average Bonchev–Trinajstić information content (AvgIpc) is 3.13. The fourth-order valence-electron chi connectivity index (χ4n) is 4.53. The van der Waals surface area contributed by atoms with Gasteiger partial charge in [-0.15, -0.1) is 0 Å². The van der Waals surface area contributed by atoms with Gasteiger partial charge in [-0.05, 0) is 82.0 Å². The van der Waals surface area contributed by atoms with Crippen LogP contribution in [0.4, 0.5) is 0 Å². The van der Waals surface area contributed by atoms with Crippen molar-refractivity contribution in [2.45, 2.75) is 58.1 Å². The molecule has 2 aromatic heterocycles. The van der Waals surface area contributed by atoms with Gasteiger partial charge in [0.2, 0.25) is 0 Å². The molecular formula is C22H26N3O4S2+. The highest BCUT2D eigenvalue weighted by Crippen LogP contribution is 2.47. The zero-order valence-corrected chi connectivity index (χ0v) is 20.0. The van der Waals surface area contributed by atoms with Crippen LogP contribution < -0.4 is 4.57 Å². The Morgan fingerprint density at radius 1 is 1.13 bits per heavy atom. The maximum Gasteiger partial charge on any atom is 0.402 e. The van der Waals surface area contributed by atoms with Crippen molar-refractivity contribution in [2.75, 3.05) is 0 Å². The smallest absolute Gasteiger partial charge is 0.298 e. The predicted octanol–water partition coefficient (Wildman–Crippen LogP) is 3.63. The number of hydrogen-bond donors (Lipinski definition) is 2. The number of rotatable bonds is 4. The monoisotopic (exact) mass is 460 g/mol. The summed E-state index contributed by atoms with van der Waals surface area (Å²) in [4.78, 5) is 21.0. The minimum absolute atomic E-state index is 0.0778. The van der Waals surface area contributed by atoms with Crippen molar-refractivity contribution in [3.05, 3.63) is 52.3 Å². The van der Waals surface area contributed by atoms with Crippen LogP contribution in [-0.2, 0) is 30.5 Å². The number of ketones is 1. The van der Waals surface area contributed by atoms with E-state index in [9.17, 15) is 17.8 Å². The maximum atomic E-state index is 13.0. The van der Waals surface area contributed by atoms with E-state index in [0.717, 1.165) is 39.0 Å². The van der Waals surface area contributed by atoms with Crippen molar-refractivity contribution in [3.63, 3.8) is 0 Å². The fourth-order valence-corrected chi connectivity index (χ4v) is 5.93. The topological polar surface area (TPSA) is 104 Å². The second-order valence-electron chi connectivity index (χ2n) is 9.18. The van der Waals surface area contributed by atoms with Crippen molar-refractivity contribution in [3.8, 4) is 5.95 Å². The van der Waals surface area contributed by atoms with Gasteiger partial charge in [-0.3, -0.25) is 9.35 Å². The molecule has 1 aliphatic rings. The van der Waals surface area contributed by atoms with E-state index in [4.69, 9.17) is 4.98 Å². The van der Waals surface area contributed by atoms with Gasteiger partial charge >= 0.3 is 15.1 Å². The third-order valence-electron chi connectivity index (χ3n) is 6.45. The first-order valence-electron chi connectivity index (χ1n) is 9.96. The van der Waals surface area contributed by atoms with Crippen molar-refractivity contribution < 1.29 is 22.3 Å². The summed E-state index contributed by atoms with van der Waals surface area (Å²) in [6, 6.07) is 5.92. The standard InChI is InChI=1S/C22H25N3O4S2/c1-12-7-8-25(18(13(12)2)11-30-31(27,28)29)20-23-16-9-14-15(10-17(16)24-20)22(5,6)19(26)21(14,3)4/h7-10H,11H2,1-6H3,(H-,23,24,27,28,29)/p+1. The van der Waals surface area contributed by atoms with E-state index in [2.05, 4.69) is 4.98 Å². The lowest BCUT2D eigenvalue weighted by molar-refractivity contribution is -0.610. The van der Waals surface area contributed by atoms with Gasteiger partial charge < -0.3 is 0 Å². The van der Waals surface area contributed by atoms with Gasteiger partial charge in [0.1, 0.15) is 5.52 Å². The molecule has 31 heavy (non-hydrogen) atoms. The average molecular weight is 461 g/mol. The normalized spacial score (nSPS) is 17.3. The van der Waals surface area contributed by atoms with Gasteiger partial charge in [0, 0.05) is 21.6 Å². The lowest BCUT2D eigenvalue weighted by Gasteiger charge is -2.21. The molecule has 2 N–H and O–H groups in total. The number of nitrogens with zero attached hydrogens (tertiary/aromatic N) is 2. The first-order chi connectivity index (χ1) is 14.2. The Kier molecular flexibility index (Phi) is 4.88. The Morgan fingerprint density at radius 2 is 1.74 bits per heavy atom. The van der Waals surface area contributed by atoms with Gasteiger partial charge in [-0.2, -0.15) is 8.42 Å². The summed E-state index contributed by atoms with van der Waals surface area (Å²) >= 11 is 0. The van der Waals surface area contributed by atoms with Crippen molar-refractivity contribution in [2.24, 2.45) is 0 Å². The number of hydrogen-bond acceptors (Lipinski definition) is 5. The molecule has 0 amide bonds. The number of nitrogens with one attached hydrogen (secondary N) is 1. The molecule has 0 saturated carbocycles. The SMILES string of the molecule is Cc1cc[n+](-c2nc3cc4c(cc3[nH]2)C(C)(C)C(=O)C4(C)C)c(CSS(=O)(=O)O)c1C. The minimum Gasteiger partial charge on any atom is -0.298 e. The van der Waals surface area contributed by atoms with Crippen molar-refractivity contribution in [1.29, 1.82) is 0 Å². The molecule has 0 fully saturated rings. The van der Waals surface area contributed by atoms with Crippen LogP contribution in [0.2, 0.25) is 0 Å². The molecule has 1 aromatic carbocycles. The molecule has 2 heterocycles. The van der Waals surface area contributed by atoms with Crippen LogP contribution in [0.3, 0.4) is 0 Å². The lowest BCUT2D eigenvalue weighted by atomic mass is 9.80. The molecule has 0 aliphatic heterocycles. The minimum atomic E-state index is -4.17. The Labute approximate surface area is 185 Å². The molecule has 0 bridgehead atoms. The van der Waals surface area contributed by atoms with E-state index in [1.54, 1.807) is 0 Å². The predicted molar refractivity (Wildman–Crippen MR) is 121 cm³/mol. The zero-order chi connectivity index (χ0) is 22.9. The Bertz CT molecular complexity index is 1300.